The lowest BCUT2D eigenvalue weighted by Gasteiger charge is -2.67. The maximum atomic E-state index is 4.24. The van der Waals surface area contributed by atoms with Gasteiger partial charge >= 0.3 is 0 Å². The quantitative estimate of drug-likeness (QED) is 0.375. The van der Waals surface area contributed by atoms with Gasteiger partial charge in [0.25, 0.3) is 0 Å². The molecule has 6 rings (SSSR count). The first-order valence-electron chi connectivity index (χ1n) is 11.2. The van der Waals surface area contributed by atoms with Crippen molar-refractivity contribution >= 4 is 6.71 Å². The van der Waals surface area contributed by atoms with E-state index in [0.29, 0.717) is 16.6 Å². The molecule has 9 atom stereocenters. The van der Waals surface area contributed by atoms with Gasteiger partial charge in [-0.1, -0.05) is 79.0 Å². The van der Waals surface area contributed by atoms with E-state index in [2.05, 4.69) is 61.1 Å². The molecule has 6 aliphatic carbocycles. The van der Waals surface area contributed by atoms with Crippen LogP contribution < -0.4 is 0 Å². The summed E-state index contributed by atoms with van der Waals surface area (Å²) in [6, 6.07) is 0. The van der Waals surface area contributed by atoms with Crippen LogP contribution >= 0.6 is 0 Å². The average Bonchev–Trinajstić information content (AvgIpc) is 2.56. The summed E-state index contributed by atoms with van der Waals surface area (Å²) in [6.45, 7) is 23.0. The third-order valence-electron chi connectivity index (χ3n) is 10.8. The van der Waals surface area contributed by atoms with Gasteiger partial charge in [0.1, 0.15) is 0 Å². The van der Waals surface area contributed by atoms with Gasteiger partial charge in [-0.05, 0) is 65.0 Å². The molecular weight excluding hydrogens is 299 g/mol. The predicted octanol–water partition coefficient (Wildman–Crippen LogP) is 7.20. The van der Waals surface area contributed by atoms with Crippen LogP contribution in [0.4, 0.5) is 0 Å². The van der Waals surface area contributed by atoms with Crippen LogP contribution in [0.1, 0.15) is 74.1 Å². The fourth-order valence-corrected chi connectivity index (χ4v) is 8.65. The highest BCUT2D eigenvalue weighted by molar-refractivity contribution is 6.64. The molecule has 140 valence electrons. The highest BCUT2D eigenvalue weighted by Crippen LogP contribution is 2.70. The van der Waals surface area contributed by atoms with Gasteiger partial charge in [-0.25, -0.2) is 0 Å². The zero-order chi connectivity index (χ0) is 18.3. The summed E-state index contributed by atoms with van der Waals surface area (Å²) < 4.78 is 0. The number of rotatable bonds is 4. The monoisotopic (exact) mass is 340 g/mol. The van der Waals surface area contributed by atoms with Crippen LogP contribution in [0.15, 0.2) is 12.7 Å². The van der Waals surface area contributed by atoms with Crippen LogP contribution in [0.2, 0.25) is 17.5 Å². The first kappa shape index (κ1) is 18.2. The lowest BCUT2D eigenvalue weighted by Crippen LogP contribution is -2.60. The van der Waals surface area contributed by atoms with E-state index in [9.17, 15) is 0 Å². The van der Waals surface area contributed by atoms with Crippen molar-refractivity contribution in [1.82, 2.24) is 0 Å². The molecule has 6 aliphatic rings. The van der Waals surface area contributed by atoms with Crippen LogP contribution in [0.3, 0.4) is 0 Å². The SMILES string of the molecule is C=CC(C)B([C@H]1C[C@H]2C[C@@H]([C@@H]1C)C2(C)C)[C@H]1C[C@H]2C[C@@H]([C@@H]1C)C2(C)C. The van der Waals surface area contributed by atoms with Gasteiger partial charge in [0, 0.05) is 0 Å². The normalized spacial score (nSPS) is 50.2. The Morgan fingerprint density at radius 2 is 1.24 bits per heavy atom. The number of hydrogen-bond donors (Lipinski definition) is 0. The van der Waals surface area contributed by atoms with Crippen molar-refractivity contribution in [3.8, 4) is 0 Å². The summed E-state index contributed by atoms with van der Waals surface area (Å²) in [4.78, 5) is 0. The molecule has 0 aromatic carbocycles. The molecule has 0 N–H and O–H groups in total. The zero-order valence-corrected chi connectivity index (χ0v) is 17.9. The van der Waals surface area contributed by atoms with E-state index in [1.165, 1.54) is 25.7 Å². The predicted molar refractivity (Wildman–Crippen MR) is 111 cm³/mol. The van der Waals surface area contributed by atoms with E-state index in [-0.39, 0.29) is 0 Å². The second-order valence-electron chi connectivity index (χ2n) is 11.9. The Hall–Kier alpha value is -0.195. The molecule has 0 spiro atoms. The van der Waals surface area contributed by atoms with Crippen molar-refractivity contribution in [2.45, 2.75) is 91.6 Å². The van der Waals surface area contributed by atoms with Crippen LogP contribution in [0, 0.1) is 46.3 Å². The van der Waals surface area contributed by atoms with Crippen molar-refractivity contribution in [2.75, 3.05) is 0 Å². The molecule has 0 radical (unpaired) electrons. The molecule has 6 fully saturated rings. The molecule has 0 aromatic rings. The molecule has 1 heteroatoms. The third kappa shape index (κ3) is 2.32. The molecule has 25 heavy (non-hydrogen) atoms. The van der Waals surface area contributed by atoms with Crippen molar-refractivity contribution in [1.29, 1.82) is 0 Å². The van der Waals surface area contributed by atoms with Gasteiger partial charge in [-0.3, -0.25) is 0 Å². The summed E-state index contributed by atoms with van der Waals surface area (Å²) in [7, 11) is 0. The highest BCUT2D eigenvalue weighted by Gasteiger charge is 2.62. The summed E-state index contributed by atoms with van der Waals surface area (Å²) in [6.07, 6.45) is 8.31. The van der Waals surface area contributed by atoms with Gasteiger partial charge in [0.2, 0.25) is 0 Å². The summed E-state index contributed by atoms with van der Waals surface area (Å²) in [5.74, 6) is 8.31. The smallest absolute Gasteiger partial charge is 0.104 e. The van der Waals surface area contributed by atoms with Crippen LogP contribution in [-0.2, 0) is 0 Å². The minimum atomic E-state index is 0.611. The van der Waals surface area contributed by atoms with Crippen LogP contribution in [0.25, 0.3) is 0 Å². The average molecular weight is 340 g/mol. The number of allylic oxidation sites excluding steroid dienone is 1. The largest absolute Gasteiger partial charge is 0.154 e. The summed E-state index contributed by atoms with van der Waals surface area (Å²) in [5.41, 5.74) is 1.22. The maximum Gasteiger partial charge on any atom is 0.154 e. The Morgan fingerprint density at radius 3 is 1.52 bits per heavy atom. The lowest BCUT2D eigenvalue weighted by molar-refractivity contribution is -0.107. The fourth-order valence-electron chi connectivity index (χ4n) is 8.65. The fraction of sp³-hybridized carbons (Fsp3) is 0.917. The minimum absolute atomic E-state index is 0.611. The van der Waals surface area contributed by atoms with E-state index in [0.717, 1.165) is 53.9 Å². The number of fused-ring (bicyclic) bond motifs is 4. The minimum Gasteiger partial charge on any atom is -0.104 e. The second kappa shape index (κ2) is 5.65. The van der Waals surface area contributed by atoms with E-state index in [1.807, 2.05) is 0 Å². The van der Waals surface area contributed by atoms with Gasteiger partial charge in [-0.2, -0.15) is 0 Å². The van der Waals surface area contributed by atoms with Crippen molar-refractivity contribution in [3.63, 3.8) is 0 Å². The van der Waals surface area contributed by atoms with E-state index < -0.39 is 0 Å². The lowest BCUT2D eigenvalue weighted by atomic mass is 9.18. The van der Waals surface area contributed by atoms with E-state index >= 15 is 0 Å². The zero-order valence-electron chi connectivity index (χ0n) is 17.9. The van der Waals surface area contributed by atoms with Gasteiger partial charge in [0.15, 0.2) is 6.71 Å². The Balaban J connectivity index is 1.59. The molecule has 1 unspecified atom stereocenters. The van der Waals surface area contributed by atoms with Crippen LogP contribution in [0.5, 0.6) is 0 Å². The van der Waals surface area contributed by atoms with Crippen molar-refractivity contribution in [3.05, 3.63) is 12.7 Å². The Kier molecular flexibility index (Phi) is 4.11. The molecule has 0 saturated heterocycles. The maximum absolute atomic E-state index is 4.24. The van der Waals surface area contributed by atoms with Crippen LogP contribution in [-0.4, -0.2) is 6.71 Å². The highest BCUT2D eigenvalue weighted by atomic mass is 14.6. The second-order valence-corrected chi connectivity index (χ2v) is 11.9. The Bertz CT molecular complexity index is 504. The molecule has 0 aliphatic heterocycles. The first-order valence-corrected chi connectivity index (χ1v) is 11.2. The van der Waals surface area contributed by atoms with E-state index in [1.54, 1.807) is 0 Å². The van der Waals surface area contributed by atoms with Gasteiger partial charge in [0.05, 0.1) is 0 Å². The van der Waals surface area contributed by atoms with Crippen molar-refractivity contribution < 1.29 is 0 Å². The van der Waals surface area contributed by atoms with Gasteiger partial charge in [-0.15, -0.1) is 6.58 Å². The molecule has 0 heterocycles. The molecular formula is C24H41B. The molecule has 6 saturated carbocycles. The molecule has 0 amide bonds. The first-order chi connectivity index (χ1) is 11.6. The third-order valence-corrected chi connectivity index (χ3v) is 10.8. The molecule has 0 aromatic heterocycles. The Morgan fingerprint density at radius 1 is 0.840 bits per heavy atom. The van der Waals surface area contributed by atoms with E-state index in [4.69, 9.17) is 0 Å². The van der Waals surface area contributed by atoms with Gasteiger partial charge < -0.3 is 0 Å². The summed E-state index contributed by atoms with van der Waals surface area (Å²) >= 11 is 0. The standard InChI is InChI=1S/C24H41B/c1-9-14(2)25(21-12-17-10-19(15(21)3)23(17,5)6)22-13-18-11-20(16(22)4)24(18,7)8/h9,14-22H,1,10-13H2,2-8H3/t14?,15-,16-,17+,18+,19-,20-,21-,22-/m0/s1. The molecule has 0 nitrogen and oxygen atoms in total. The summed E-state index contributed by atoms with van der Waals surface area (Å²) in [5, 5.41) is 0. The number of hydrogen-bond acceptors (Lipinski definition) is 0. The van der Waals surface area contributed by atoms with Crippen molar-refractivity contribution in [2.24, 2.45) is 46.3 Å². The molecule has 4 bridgehead atoms. The Labute approximate surface area is 157 Å². The topological polar surface area (TPSA) is 0 Å².